The number of thiophene rings is 1. The van der Waals surface area contributed by atoms with E-state index in [4.69, 9.17) is 4.74 Å². The van der Waals surface area contributed by atoms with E-state index in [0.29, 0.717) is 47.8 Å². The van der Waals surface area contributed by atoms with E-state index >= 15 is 0 Å². The minimum Gasteiger partial charge on any atom is -0.497 e. The van der Waals surface area contributed by atoms with Crippen LogP contribution < -0.4 is 4.74 Å². The fourth-order valence-electron chi connectivity index (χ4n) is 10.9. The van der Waals surface area contributed by atoms with Gasteiger partial charge in [0.05, 0.1) is 18.8 Å². The van der Waals surface area contributed by atoms with Crippen molar-refractivity contribution in [2.75, 3.05) is 20.2 Å². The Morgan fingerprint density at radius 1 is 1.02 bits per heavy atom. The third-order valence-electron chi connectivity index (χ3n) is 13.3. The first kappa shape index (κ1) is 32.3. The normalized spacial score (nSPS) is 39.5. The number of ketones is 1. The molecule has 1 aromatic carbocycles. The Morgan fingerprint density at radius 3 is 2.39 bits per heavy atom. The number of Topliss-reactive ketones (excluding diaryl/α,β-unsaturated/α-hetero) is 1. The van der Waals surface area contributed by atoms with E-state index in [0.717, 1.165) is 31.3 Å². The van der Waals surface area contributed by atoms with Crippen LogP contribution in [0.25, 0.3) is 0 Å². The number of fused-ring (bicyclic) bond motifs is 1. The quantitative estimate of drug-likeness (QED) is 0.230. The van der Waals surface area contributed by atoms with Crippen LogP contribution in [-0.2, 0) is 10.0 Å². The third-order valence-corrected chi connectivity index (χ3v) is 16.5. The minimum atomic E-state index is -3.77. The van der Waals surface area contributed by atoms with Crippen LogP contribution in [0.3, 0.4) is 0 Å². The van der Waals surface area contributed by atoms with Crippen molar-refractivity contribution in [3.05, 3.63) is 71.1 Å². The van der Waals surface area contributed by atoms with Crippen molar-refractivity contribution < 1.29 is 28.2 Å². The lowest BCUT2D eigenvalue weighted by Crippen LogP contribution is -2.67. The lowest BCUT2D eigenvalue weighted by atomic mass is 9.32. The van der Waals surface area contributed by atoms with Gasteiger partial charge in [-0.05, 0) is 104 Å². The van der Waals surface area contributed by atoms with Crippen LogP contribution in [0.4, 0.5) is 0 Å². The molecular weight excluding hydrogens is 619 g/mol. The monoisotopic (exact) mass is 665 g/mol. The molecule has 2 bridgehead atoms. The van der Waals surface area contributed by atoms with Crippen LogP contribution in [0.15, 0.2) is 69.8 Å². The molecule has 0 saturated heterocycles. The molecule has 6 aliphatic carbocycles. The molecule has 0 amide bonds. The highest BCUT2D eigenvalue weighted by Crippen LogP contribution is 2.78. The molecule has 6 aliphatic rings. The Bertz CT molecular complexity index is 1680. The predicted molar refractivity (Wildman–Crippen MR) is 179 cm³/mol. The summed E-state index contributed by atoms with van der Waals surface area (Å²) >= 11 is 1.21. The number of benzene rings is 1. The second-order valence-electron chi connectivity index (χ2n) is 15.1. The first-order valence-electron chi connectivity index (χ1n) is 16.9. The highest BCUT2D eigenvalue weighted by Gasteiger charge is 2.74. The van der Waals surface area contributed by atoms with Gasteiger partial charge in [0, 0.05) is 40.5 Å². The van der Waals surface area contributed by atoms with Crippen molar-refractivity contribution in [1.29, 1.82) is 0 Å². The topological polar surface area (TPSA) is 104 Å². The average molecular weight is 666 g/mol. The van der Waals surface area contributed by atoms with E-state index in [1.165, 1.54) is 15.6 Å². The van der Waals surface area contributed by atoms with Crippen molar-refractivity contribution in [1.82, 2.24) is 4.31 Å². The molecule has 1 aromatic heterocycles. The van der Waals surface area contributed by atoms with Crippen LogP contribution in [0.2, 0.25) is 0 Å². The molecule has 3 saturated carbocycles. The van der Waals surface area contributed by atoms with Gasteiger partial charge in [-0.15, -0.1) is 11.3 Å². The molecule has 8 atom stereocenters. The first-order valence-corrected chi connectivity index (χ1v) is 19.2. The number of methoxy groups -OCH3 is 1. The number of ether oxygens (including phenoxy) is 1. The summed E-state index contributed by atoms with van der Waals surface area (Å²) in [5.41, 5.74) is -1.63. The number of rotatable bonds is 9. The minimum absolute atomic E-state index is 0.00827. The van der Waals surface area contributed by atoms with Crippen LogP contribution in [0.1, 0.15) is 82.5 Å². The van der Waals surface area contributed by atoms with Gasteiger partial charge >= 0.3 is 0 Å². The van der Waals surface area contributed by atoms with E-state index in [1.807, 2.05) is 31.2 Å². The van der Waals surface area contributed by atoms with Crippen LogP contribution >= 0.6 is 11.3 Å². The molecule has 0 radical (unpaired) electrons. The molecule has 7 nitrogen and oxygen atoms in total. The smallest absolute Gasteiger partial charge is 0.252 e. The zero-order chi connectivity index (χ0) is 32.8. The standard InChI is InChI=1S/C37H47NO6S2/c1-5-20-38(46(42,43)31-7-6-21-45-31)24-36(41)17-14-30-34(36,3)16-13-29-33(2)15-12-26(39)22-35(33)18-19-37(29,30)28(23-35)32(40)25-8-10-27(44-4)11-9-25/h6-11,18-19,21,23,26,29-30,39,41H,5,12-17,20,22,24H2,1-4H3/t26?,29-,30-,33-,34+,35+,36-,37-/m1/s1. The van der Waals surface area contributed by atoms with Gasteiger partial charge in [-0.1, -0.05) is 45.1 Å². The van der Waals surface area contributed by atoms with E-state index in [1.54, 1.807) is 24.6 Å². The molecular formula is C37H47NO6S2. The number of aliphatic hydroxyl groups excluding tert-OH is 1. The third kappa shape index (κ3) is 4.24. The number of carbonyl (C=O) groups is 1. The first-order chi connectivity index (χ1) is 21.8. The van der Waals surface area contributed by atoms with E-state index in [9.17, 15) is 23.4 Å². The summed E-state index contributed by atoms with van der Waals surface area (Å²) < 4.78 is 34.8. The Balaban J connectivity index is 1.33. The van der Waals surface area contributed by atoms with Crippen molar-refractivity contribution in [2.45, 2.75) is 88.1 Å². The van der Waals surface area contributed by atoms with Gasteiger partial charge in [-0.2, -0.15) is 4.31 Å². The van der Waals surface area contributed by atoms with Gasteiger partial charge in [-0.25, -0.2) is 8.42 Å². The maximum absolute atomic E-state index is 14.7. The van der Waals surface area contributed by atoms with Crippen LogP contribution in [0, 0.1) is 33.5 Å². The molecule has 9 heteroatoms. The summed E-state index contributed by atoms with van der Waals surface area (Å²) in [5, 5.41) is 25.5. The Labute approximate surface area is 277 Å². The highest BCUT2D eigenvalue weighted by molar-refractivity contribution is 7.91. The lowest BCUT2D eigenvalue weighted by molar-refractivity contribution is -0.173. The zero-order valence-corrected chi connectivity index (χ0v) is 29.0. The number of nitrogens with zero attached hydrogens (tertiary/aromatic N) is 1. The van der Waals surface area contributed by atoms with E-state index < -0.39 is 38.0 Å². The molecule has 0 aliphatic heterocycles. The fraction of sp³-hybridized carbons (Fsp3) is 0.595. The molecule has 1 heterocycles. The van der Waals surface area contributed by atoms with Crippen molar-refractivity contribution >= 4 is 27.1 Å². The number of hydrogen-bond donors (Lipinski definition) is 2. The number of sulfonamides is 1. The molecule has 3 fully saturated rings. The van der Waals surface area contributed by atoms with E-state index in [2.05, 4.69) is 32.1 Å². The van der Waals surface area contributed by atoms with Gasteiger partial charge in [0.15, 0.2) is 5.78 Å². The molecule has 46 heavy (non-hydrogen) atoms. The van der Waals surface area contributed by atoms with Gasteiger partial charge in [0.1, 0.15) is 9.96 Å². The summed E-state index contributed by atoms with van der Waals surface area (Å²) in [6, 6.07) is 10.7. The second-order valence-corrected chi connectivity index (χ2v) is 18.3. The molecule has 2 N–H and O–H groups in total. The largest absolute Gasteiger partial charge is 0.497 e. The van der Waals surface area contributed by atoms with Crippen LogP contribution in [-0.4, -0.2) is 60.6 Å². The highest BCUT2D eigenvalue weighted by atomic mass is 32.2. The average Bonchev–Trinajstić information content (AvgIpc) is 3.68. The summed E-state index contributed by atoms with van der Waals surface area (Å²) in [6.07, 6.45) is 12.0. The van der Waals surface area contributed by atoms with Gasteiger partial charge in [0.2, 0.25) is 0 Å². The van der Waals surface area contributed by atoms with Crippen molar-refractivity contribution in [3.63, 3.8) is 0 Å². The maximum atomic E-state index is 14.7. The summed E-state index contributed by atoms with van der Waals surface area (Å²) in [7, 11) is -2.15. The summed E-state index contributed by atoms with van der Waals surface area (Å²) in [5.74, 6) is 0.796. The predicted octanol–water partition coefficient (Wildman–Crippen LogP) is 6.63. The number of aliphatic hydroxyl groups is 2. The molecule has 1 unspecified atom stereocenters. The summed E-state index contributed by atoms with van der Waals surface area (Å²) in [4.78, 5) is 14.7. The Morgan fingerprint density at radius 2 is 1.72 bits per heavy atom. The molecule has 2 aromatic rings. The lowest BCUT2D eigenvalue weighted by Gasteiger charge is -2.71. The zero-order valence-electron chi connectivity index (χ0n) is 27.4. The number of allylic oxidation sites excluding steroid dienone is 4. The molecule has 8 rings (SSSR count). The van der Waals surface area contributed by atoms with Crippen LogP contribution in [0.5, 0.6) is 5.75 Å². The SMILES string of the molecule is CCCN(C[C@]1(O)CC[C@H]2[C@]34C=C[C@@]5(C=C3C(=O)c3ccc(OC)cc3)CC(O)CC[C@]5(C)[C@H]4CC[C@@]21C)S(=O)(=O)c1cccs1. The van der Waals surface area contributed by atoms with E-state index in [-0.39, 0.29) is 29.6 Å². The van der Waals surface area contributed by atoms with Gasteiger partial charge in [0.25, 0.3) is 10.0 Å². The van der Waals surface area contributed by atoms with Crippen molar-refractivity contribution in [2.24, 2.45) is 33.5 Å². The molecule has 248 valence electrons. The number of carbonyl (C=O) groups excluding carboxylic acids is 1. The summed E-state index contributed by atoms with van der Waals surface area (Å²) in [6.45, 7) is 6.87. The Hall–Kier alpha value is -2.30. The maximum Gasteiger partial charge on any atom is 0.252 e. The van der Waals surface area contributed by atoms with Gasteiger partial charge in [-0.3, -0.25) is 4.79 Å². The molecule has 2 spiro atoms. The fourth-order valence-corrected chi connectivity index (χ4v) is 13.6. The Kier molecular flexibility index (Phi) is 7.61. The second kappa shape index (κ2) is 10.9. The van der Waals surface area contributed by atoms with Gasteiger partial charge < -0.3 is 14.9 Å². The number of hydrogen-bond acceptors (Lipinski definition) is 7. The van der Waals surface area contributed by atoms with Crippen molar-refractivity contribution in [3.8, 4) is 5.75 Å².